The molecule has 1 atom stereocenters. The highest BCUT2D eigenvalue weighted by Gasteiger charge is 2.51. The predicted molar refractivity (Wildman–Crippen MR) is 111 cm³/mol. The lowest BCUT2D eigenvalue weighted by Gasteiger charge is -2.24. The van der Waals surface area contributed by atoms with Crippen molar-refractivity contribution < 1.29 is 9.53 Å². The number of para-hydroxylation sites is 1. The largest absolute Gasteiger partial charge is 0.481 e. The van der Waals surface area contributed by atoms with Gasteiger partial charge in [-0.1, -0.05) is 18.2 Å². The van der Waals surface area contributed by atoms with Crippen LogP contribution in [0.3, 0.4) is 0 Å². The number of nitrogens with zero attached hydrogens (tertiary/aromatic N) is 4. The van der Waals surface area contributed by atoms with Gasteiger partial charge in [0, 0.05) is 55.0 Å². The summed E-state index contributed by atoms with van der Waals surface area (Å²) in [6.07, 6.45) is 3.75. The number of amides is 1. The average Bonchev–Trinajstić information content (AvgIpc) is 3.43. The molecule has 5 rings (SSSR count). The smallest absolute Gasteiger partial charge is 0.231 e. The van der Waals surface area contributed by atoms with Crippen LogP contribution in [0.15, 0.2) is 36.5 Å². The quantitative estimate of drug-likeness (QED) is 0.740. The molecule has 7 heteroatoms. The van der Waals surface area contributed by atoms with Gasteiger partial charge in [0.05, 0.1) is 12.5 Å². The Bertz CT molecular complexity index is 1080. The van der Waals surface area contributed by atoms with Crippen LogP contribution in [0.1, 0.15) is 24.1 Å². The SMILES string of the molecule is COc1cc(C)nc(N2CCC3(CCN(Cc4c[nH]c5ccccc45)C3=O)C2)n1. The Morgan fingerprint density at radius 1 is 1.21 bits per heavy atom. The van der Waals surface area contributed by atoms with E-state index in [-0.39, 0.29) is 11.3 Å². The number of aryl methyl sites for hydroxylation is 1. The lowest BCUT2D eigenvalue weighted by Crippen LogP contribution is -2.37. The van der Waals surface area contributed by atoms with Crippen molar-refractivity contribution in [2.75, 3.05) is 31.6 Å². The van der Waals surface area contributed by atoms with E-state index in [1.54, 1.807) is 7.11 Å². The molecule has 0 bridgehead atoms. The summed E-state index contributed by atoms with van der Waals surface area (Å²) in [4.78, 5) is 29.9. The van der Waals surface area contributed by atoms with E-state index in [0.717, 1.165) is 37.1 Å². The summed E-state index contributed by atoms with van der Waals surface area (Å²) in [5, 5.41) is 1.19. The first-order chi connectivity index (χ1) is 14.1. The first kappa shape index (κ1) is 18.0. The molecule has 2 saturated heterocycles. The average molecular weight is 391 g/mol. The van der Waals surface area contributed by atoms with E-state index in [2.05, 4.69) is 32.0 Å². The molecule has 2 aliphatic rings. The maximum atomic E-state index is 13.4. The van der Waals surface area contributed by atoms with Crippen molar-refractivity contribution >= 4 is 22.8 Å². The second-order valence-corrected chi connectivity index (χ2v) is 8.14. The number of aromatic amines is 1. The third-order valence-corrected chi connectivity index (χ3v) is 6.30. The number of aromatic nitrogens is 3. The van der Waals surface area contributed by atoms with Crippen LogP contribution in [0, 0.1) is 12.3 Å². The van der Waals surface area contributed by atoms with Gasteiger partial charge in [0.2, 0.25) is 17.7 Å². The van der Waals surface area contributed by atoms with Crippen molar-refractivity contribution in [3.8, 4) is 5.88 Å². The number of hydrogen-bond donors (Lipinski definition) is 1. The number of benzene rings is 1. The third kappa shape index (κ3) is 3.01. The number of hydrogen-bond acceptors (Lipinski definition) is 5. The van der Waals surface area contributed by atoms with Crippen LogP contribution in [-0.4, -0.2) is 52.5 Å². The molecule has 0 saturated carbocycles. The molecule has 7 nitrogen and oxygen atoms in total. The Morgan fingerprint density at radius 3 is 2.90 bits per heavy atom. The van der Waals surface area contributed by atoms with Gasteiger partial charge < -0.3 is 19.5 Å². The normalized spacial score (nSPS) is 21.7. The maximum Gasteiger partial charge on any atom is 0.231 e. The predicted octanol–water partition coefficient (Wildman–Crippen LogP) is 2.90. The number of ether oxygens (including phenoxy) is 1. The number of nitrogens with one attached hydrogen (secondary N) is 1. The summed E-state index contributed by atoms with van der Waals surface area (Å²) >= 11 is 0. The minimum absolute atomic E-state index is 0.255. The summed E-state index contributed by atoms with van der Waals surface area (Å²) in [5.74, 6) is 1.47. The Balaban J connectivity index is 1.34. The molecule has 1 unspecified atom stereocenters. The van der Waals surface area contributed by atoms with Gasteiger partial charge >= 0.3 is 0 Å². The zero-order chi connectivity index (χ0) is 20.0. The van der Waals surface area contributed by atoms with Crippen molar-refractivity contribution in [2.45, 2.75) is 26.3 Å². The van der Waals surface area contributed by atoms with Crippen LogP contribution in [-0.2, 0) is 11.3 Å². The lowest BCUT2D eigenvalue weighted by atomic mass is 9.85. The van der Waals surface area contributed by atoms with Crippen LogP contribution >= 0.6 is 0 Å². The van der Waals surface area contributed by atoms with Gasteiger partial charge in [-0.05, 0) is 31.4 Å². The molecule has 1 spiro atoms. The number of methoxy groups -OCH3 is 1. The zero-order valence-corrected chi connectivity index (χ0v) is 16.8. The molecule has 150 valence electrons. The number of fused-ring (bicyclic) bond motifs is 1. The molecular weight excluding hydrogens is 366 g/mol. The summed E-state index contributed by atoms with van der Waals surface area (Å²) in [5.41, 5.74) is 2.83. The topological polar surface area (TPSA) is 74.3 Å². The van der Waals surface area contributed by atoms with Crippen LogP contribution in [0.5, 0.6) is 5.88 Å². The van der Waals surface area contributed by atoms with Gasteiger partial charge in [-0.3, -0.25) is 4.79 Å². The van der Waals surface area contributed by atoms with Crippen LogP contribution in [0.4, 0.5) is 5.95 Å². The summed E-state index contributed by atoms with van der Waals surface area (Å²) in [6.45, 7) is 4.84. The molecule has 4 heterocycles. The summed E-state index contributed by atoms with van der Waals surface area (Å²) in [6, 6.07) is 10.1. The highest BCUT2D eigenvalue weighted by Crippen LogP contribution is 2.42. The molecular formula is C22H25N5O2. The molecule has 29 heavy (non-hydrogen) atoms. The summed E-state index contributed by atoms with van der Waals surface area (Å²) in [7, 11) is 1.61. The van der Waals surface area contributed by atoms with Crippen LogP contribution in [0.25, 0.3) is 10.9 Å². The van der Waals surface area contributed by atoms with E-state index >= 15 is 0 Å². The molecule has 1 amide bonds. The van der Waals surface area contributed by atoms with Crippen LogP contribution < -0.4 is 9.64 Å². The van der Waals surface area contributed by atoms with Crippen molar-refractivity contribution in [2.24, 2.45) is 5.41 Å². The molecule has 3 aromatic rings. The second-order valence-electron chi connectivity index (χ2n) is 8.14. The number of anilines is 1. The molecule has 2 fully saturated rings. The third-order valence-electron chi connectivity index (χ3n) is 6.30. The van der Waals surface area contributed by atoms with Crippen molar-refractivity contribution in [3.63, 3.8) is 0 Å². The number of likely N-dealkylation sites (tertiary alicyclic amines) is 1. The Morgan fingerprint density at radius 2 is 2.03 bits per heavy atom. The van der Waals surface area contributed by atoms with E-state index in [1.807, 2.05) is 36.2 Å². The molecule has 0 radical (unpaired) electrons. The first-order valence-electron chi connectivity index (χ1n) is 10.1. The van der Waals surface area contributed by atoms with Gasteiger partial charge in [-0.2, -0.15) is 4.98 Å². The fourth-order valence-electron chi connectivity index (χ4n) is 4.70. The number of carbonyl (C=O) groups excluding carboxylic acids is 1. The second kappa shape index (κ2) is 6.76. The monoisotopic (exact) mass is 391 g/mol. The lowest BCUT2D eigenvalue weighted by molar-refractivity contribution is -0.135. The molecule has 2 aromatic heterocycles. The molecule has 1 N–H and O–H groups in total. The Hall–Kier alpha value is -3.09. The highest BCUT2D eigenvalue weighted by atomic mass is 16.5. The number of carbonyl (C=O) groups is 1. The number of H-pyrrole nitrogens is 1. The van der Waals surface area contributed by atoms with E-state index in [0.29, 0.717) is 24.9 Å². The fraction of sp³-hybridized carbons (Fsp3) is 0.409. The highest BCUT2D eigenvalue weighted by molar-refractivity contribution is 5.88. The molecule has 0 aliphatic carbocycles. The van der Waals surface area contributed by atoms with E-state index < -0.39 is 0 Å². The maximum absolute atomic E-state index is 13.4. The van der Waals surface area contributed by atoms with Crippen molar-refractivity contribution in [1.29, 1.82) is 0 Å². The Kier molecular flexibility index (Phi) is 4.19. The Labute approximate surface area is 169 Å². The van der Waals surface area contributed by atoms with Crippen molar-refractivity contribution in [1.82, 2.24) is 19.9 Å². The van der Waals surface area contributed by atoms with Gasteiger partial charge in [-0.25, -0.2) is 4.98 Å². The fourth-order valence-corrected chi connectivity index (χ4v) is 4.70. The zero-order valence-electron chi connectivity index (χ0n) is 16.8. The van der Waals surface area contributed by atoms with Crippen LogP contribution in [0.2, 0.25) is 0 Å². The van der Waals surface area contributed by atoms with Gasteiger partial charge in [0.15, 0.2) is 0 Å². The minimum atomic E-state index is -0.327. The van der Waals surface area contributed by atoms with Gasteiger partial charge in [0.25, 0.3) is 0 Å². The van der Waals surface area contributed by atoms with E-state index in [9.17, 15) is 4.79 Å². The van der Waals surface area contributed by atoms with Gasteiger partial charge in [0.1, 0.15) is 0 Å². The van der Waals surface area contributed by atoms with Gasteiger partial charge in [-0.15, -0.1) is 0 Å². The first-order valence-corrected chi connectivity index (χ1v) is 10.1. The standard InChI is InChI=1S/C22H25N5O2/c1-15-11-19(29-2)25-21(24-15)27-10-8-22(14-27)7-9-26(20(22)28)13-16-12-23-18-6-4-3-5-17(16)18/h3-6,11-12,23H,7-10,13-14H2,1-2H3. The van der Waals surface area contributed by atoms with E-state index in [1.165, 1.54) is 10.9 Å². The van der Waals surface area contributed by atoms with Crippen molar-refractivity contribution in [3.05, 3.63) is 47.8 Å². The minimum Gasteiger partial charge on any atom is -0.481 e. The van der Waals surface area contributed by atoms with E-state index in [4.69, 9.17) is 4.74 Å². The summed E-state index contributed by atoms with van der Waals surface area (Å²) < 4.78 is 5.29. The number of rotatable bonds is 4. The molecule has 1 aromatic carbocycles. The molecule has 2 aliphatic heterocycles.